The quantitative estimate of drug-likeness (QED) is 0.694. The minimum atomic E-state index is 0.502. The van der Waals surface area contributed by atoms with Crippen molar-refractivity contribution < 1.29 is 0 Å². The van der Waals surface area contributed by atoms with E-state index >= 15 is 0 Å². The lowest BCUT2D eigenvalue weighted by Gasteiger charge is -2.11. The molecule has 0 N–H and O–H groups in total. The van der Waals surface area contributed by atoms with Gasteiger partial charge in [-0.25, -0.2) is 4.98 Å². The number of aromatic nitrogens is 2. The molecule has 0 saturated heterocycles. The number of rotatable bonds is 3. The molecule has 13 heavy (non-hydrogen) atoms. The molecule has 0 aliphatic rings. The first-order chi connectivity index (χ1) is 6.00. The van der Waals surface area contributed by atoms with Crippen LogP contribution in [0.1, 0.15) is 39.4 Å². The van der Waals surface area contributed by atoms with Crippen molar-refractivity contribution in [2.75, 3.05) is 0 Å². The monoisotopic (exact) mass is 198 g/mol. The summed E-state index contributed by atoms with van der Waals surface area (Å²) in [6.07, 6.45) is 2.12. The van der Waals surface area contributed by atoms with E-state index < -0.39 is 0 Å². The van der Waals surface area contributed by atoms with Crippen LogP contribution in [0.4, 0.5) is 0 Å². The molecule has 0 bridgehead atoms. The fourth-order valence-corrected chi connectivity index (χ4v) is 2.17. The third-order valence-electron chi connectivity index (χ3n) is 1.72. The Labute approximate surface area is 84.7 Å². The molecule has 0 radical (unpaired) electrons. The highest BCUT2D eigenvalue weighted by molar-refractivity contribution is 7.99. The smallest absolute Gasteiger partial charge is 0.168 e. The molecule has 0 aliphatic carbocycles. The SMILES string of the molecule is Cc1cn(C(C)C)c(SC(C)C)n1. The number of thioether (sulfide) groups is 1. The van der Waals surface area contributed by atoms with Crippen molar-refractivity contribution in [3.05, 3.63) is 11.9 Å². The second-order valence-corrected chi connectivity index (χ2v) is 5.38. The summed E-state index contributed by atoms with van der Waals surface area (Å²) in [4.78, 5) is 4.50. The van der Waals surface area contributed by atoms with E-state index in [-0.39, 0.29) is 0 Å². The number of aryl methyl sites for hydroxylation is 1. The maximum absolute atomic E-state index is 4.50. The van der Waals surface area contributed by atoms with Gasteiger partial charge in [-0.05, 0) is 20.8 Å². The van der Waals surface area contributed by atoms with Crippen molar-refractivity contribution in [3.63, 3.8) is 0 Å². The maximum Gasteiger partial charge on any atom is 0.168 e. The van der Waals surface area contributed by atoms with Crippen LogP contribution in [0.3, 0.4) is 0 Å². The lowest BCUT2D eigenvalue weighted by Crippen LogP contribution is -2.02. The first kappa shape index (κ1) is 10.6. The van der Waals surface area contributed by atoms with Crippen molar-refractivity contribution in [3.8, 4) is 0 Å². The fraction of sp³-hybridized carbons (Fsp3) is 0.700. The Bertz CT molecular complexity index is 276. The molecule has 1 heterocycles. The van der Waals surface area contributed by atoms with Crippen LogP contribution in [-0.4, -0.2) is 14.8 Å². The van der Waals surface area contributed by atoms with Crippen LogP contribution < -0.4 is 0 Å². The molecule has 0 aromatic carbocycles. The van der Waals surface area contributed by atoms with Crippen LogP contribution in [0.25, 0.3) is 0 Å². The van der Waals surface area contributed by atoms with Crippen molar-refractivity contribution in [1.82, 2.24) is 9.55 Å². The minimum absolute atomic E-state index is 0.502. The second kappa shape index (κ2) is 4.18. The summed E-state index contributed by atoms with van der Waals surface area (Å²) >= 11 is 1.83. The number of hydrogen-bond donors (Lipinski definition) is 0. The lowest BCUT2D eigenvalue weighted by atomic mass is 10.4. The zero-order valence-corrected chi connectivity index (χ0v) is 9.85. The minimum Gasteiger partial charge on any atom is -0.323 e. The summed E-state index contributed by atoms with van der Waals surface area (Å²) in [5, 5.41) is 1.74. The number of imidazole rings is 1. The maximum atomic E-state index is 4.50. The van der Waals surface area contributed by atoms with Crippen LogP contribution >= 0.6 is 11.8 Å². The summed E-state index contributed by atoms with van der Waals surface area (Å²) in [6, 6.07) is 0.502. The molecule has 0 amide bonds. The molecule has 2 nitrogen and oxygen atoms in total. The molecule has 0 atom stereocenters. The average molecular weight is 198 g/mol. The topological polar surface area (TPSA) is 17.8 Å². The van der Waals surface area contributed by atoms with Gasteiger partial charge in [0.05, 0.1) is 5.69 Å². The molecular weight excluding hydrogens is 180 g/mol. The van der Waals surface area contributed by atoms with Gasteiger partial charge in [0.25, 0.3) is 0 Å². The Morgan fingerprint density at radius 1 is 1.31 bits per heavy atom. The van der Waals surface area contributed by atoms with Crippen molar-refractivity contribution in [2.24, 2.45) is 0 Å². The molecular formula is C10H18N2S. The van der Waals surface area contributed by atoms with Crippen LogP contribution in [0, 0.1) is 6.92 Å². The Morgan fingerprint density at radius 3 is 2.38 bits per heavy atom. The fourth-order valence-electron chi connectivity index (χ4n) is 1.16. The largest absolute Gasteiger partial charge is 0.323 e. The summed E-state index contributed by atoms with van der Waals surface area (Å²) in [6.45, 7) is 10.8. The molecule has 1 aromatic heterocycles. The van der Waals surface area contributed by atoms with E-state index in [9.17, 15) is 0 Å². The zero-order valence-electron chi connectivity index (χ0n) is 9.03. The van der Waals surface area contributed by atoms with Gasteiger partial charge in [-0.2, -0.15) is 0 Å². The van der Waals surface area contributed by atoms with E-state index in [0.29, 0.717) is 11.3 Å². The Kier molecular flexibility index (Phi) is 3.42. The van der Waals surface area contributed by atoms with Gasteiger partial charge in [-0.3, -0.25) is 0 Å². The van der Waals surface area contributed by atoms with Gasteiger partial charge in [0.1, 0.15) is 0 Å². The second-order valence-electron chi connectivity index (χ2n) is 3.83. The van der Waals surface area contributed by atoms with E-state index in [4.69, 9.17) is 0 Å². The van der Waals surface area contributed by atoms with Crippen LogP contribution in [0.2, 0.25) is 0 Å². The Hall–Kier alpha value is -0.440. The predicted molar refractivity (Wildman–Crippen MR) is 58.3 cm³/mol. The highest BCUT2D eigenvalue weighted by Crippen LogP contribution is 2.24. The molecule has 0 unspecified atom stereocenters. The average Bonchev–Trinajstić information content (AvgIpc) is 2.29. The Balaban J connectivity index is 2.91. The van der Waals surface area contributed by atoms with Gasteiger partial charge in [0.2, 0.25) is 0 Å². The van der Waals surface area contributed by atoms with Crippen LogP contribution in [-0.2, 0) is 0 Å². The van der Waals surface area contributed by atoms with E-state index in [1.165, 1.54) is 0 Å². The highest BCUT2D eigenvalue weighted by Gasteiger charge is 2.10. The zero-order chi connectivity index (χ0) is 10.0. The molecule has 0 spiro atoms. The molecule has 74 valence electrons. The van der Waals surface area contributed by atoms with Crippen molar-refractivity contribution in [2.45, 2.75) is 51.1 Å². The van der Waals surface area contributed by atoms with Gasteiger partial charge >= 0.3 is 0 Å². The molecule has 0 aliphatic heterocycles. The summed E-state index contributed by atoms with van der Waals surface area (Å²) in [5.74, 6) is 0. The van der Waals surface area contributed by atoms with E-state index in [0.717, 1.165) is 10.9 Å². The van der Waals surface area contributed by atoms with E-state index in [2.05, 4.69) is 43.4 Å². The third kappa shape index (κ3) is 2.76. The predicted octanol–water partition coefficient (Wildman–Crippen LogP) is 3.27. The van der Waals surface area contributed by atoms with Crippen molar-refractivity contribution >= 4 is 11.8 Å². The van der Waals surface area contributed by atoms with Gasteiger partial charge in [0, 0.05) is 17.5 Å². The molecule has 0 saturated carbocycles. The first-order valence-electron chi connectivity index (χ1n) is 4.73. The first-order valence-corrected chi connectivity index (χ1v) is 5.60. The molecule has 1 aromatic rings. The Morgan fingerprint density at radius 2 is 1.92 bits per heavy atom. The number of hydrogen-bond acceptors (Lipinski definition) is 2. The summed E-state index contributed by atoms with van der Waals surface area (Å²) < 4.78 is 2.24. The third-order valence-corrected chi connectivity index (χ3v) is 2.70. The molecule has 1 rings (SSSR count). The van der Waals surface area contributed by atoms with Crippen molar-refractivity contribution in [1.29, 1.82) is 0 Å². The standard InChI is InChI=1S/C10H18N2S/c1-7(2)12-6-9(5)11-10(12)13-8(3)4/h6-8H,1-5H3. The molecule has 0 fully saturated rings. The lowest BCUT2D eigenvalue weighted by molar-refractivity contribution is 0.549. The van der Waals surface area contributed by atoms with Gasteiger partial charge in [-0.15, -0.1) is 0 Å². The summed E-state index contributed by atoms with van der Waals surface area (Å²) in [7, 11) is 0. The number of nitrogens with zero attached hydrogens (tertiary/aromatic N) is 2. The van der Waals surface area contributed by atoms with Gasteiger partial charge in [-0.1, -0.05) is 25.6 Å². The van der Waals surface area contributed by atoms with E-state index in [1.54, 1.807) is 0 Å². The van der Waals surface area contributed by atoms with Crippen LogP contribution in [0.15, 0.2) is 11.4 Å². The van der Waals surface area contributed by atoms with Gasteiger partial charge < -0.3 is 4.57 Å². The van der Waals surface area contributed by atoms with Gasteiger partial charge in [0.15, 0.2) is 5.16 Å². The molecule has 3 heteroatoms. The van der Waals surface area contributed by atoms with Crippen LogP contribution in [0.5, 0.6) is 0 Å². The van der Waals surface area contributed by atoms with E-state index in [1.807, 2.05) is 18.7 Å². The normalized spacial score (nSPS) is 11.6. The highest BCUT2D eigenvalue weighted by atomic mass is 32.2. The summed E-state index contributed by atoms with van der Waals surface area (Å²) in [5.41, 5.74) is 1.11.